The van der Waals surface area contributed by atoms with Crippen molar-refractivity contribution in [2.45, 2.75) is 39.2 Å². The molecule has 1 aromatic carbocycles. The first-order chi connectivity index (χ1) is 12.1. The van der Waals surface area contributed by atoms with Crippen LogP contribution in [-0.2, 0) is 4.79 Å². The standard InChI is InChI=1S/C19H25N3O2S.ClH/c1-13(2)24-16-6-4-15(5-7-16)17-12-25-19(21-17)22-18(23)8-3-14-9-10-20-11-14;/h4-7,12-14,20H,3,8-11H2,1-2H3,(H,21,22,23);1H. The van der Waals surface area contributed by atoms with Crippen LogP contribution >= 0.6 is 23.7 Å². The Labute approximate surface area is 165 Å². The minimum absolute atomic E-state index is 0. The van der Waals surface area contributed by atoms with Crippen LogP contribution in [-0.4, -0.2) is 30.1 Å². The summed E-state index contributed by atoms with van der Waals surface area (Å²) in [6.45, 7) is 6.12. The van der Waals surface area contributed by atoms with Gasteiger partial charge < -0.3 is 15.4 Å². The molecule has 1 saturated heterocycles. The molecule has 1 aromatic heterocycles. The Balaban J connectivity index is 0.00000243. The lowest BCUT2D eigenvalue weighted by Crippen LogP contribution is -2.14. The average Bonchev–Trinajstić information content (AvgIpc) is 3.25. The van der Waals surface area contributed by atoms with Gasteiger partial charge in [0, 0.05) is 17.4 Å². The third-order valence-corrected chi connectivity index (χ3v) is 4.97. The second-order valence-electron chi connectivity index (χ2n) is 6.67. The minimum Gasteiger partial charge on any atom is -0.491 e. The van der Waals surface area contributed by atoms with Crippen molar-refractivity contribution in [3.63, 3.8) is 0 Å². The molecule has 26 heavy (non-hydrogen) atoms. The van der Waals surface area contributed by atoms with E-state index in [4.69, 9.17) is 4.74 Å². The van der Waals surface area contributed by atoms with Crippen molar-refractivity contribution >= 4 is 34.8 Å². The van der Waals surface area contributed by atoms with Crippen molar-refractivity contribution in [3.05, 3.63) is 29.6 Å². The van der Waals surface area contributed by atoms with Crippen LogP contribution in [0.3, 0.4) is 0 Å². The summed E-state index contributed by atoms with van der Waals surface area (Å²) in [7, 11) is 0. The van der Waals surface area contributed by atoms with Gasteiger partial charge in [-0.2, -0.15) is 0 Å². The number of aromatic nitrogens is 1. The van der Waals surface area contributed by atoms with Crippen molar-refractivity contribution in [2.75, 3.05) is 18.4 Å². The molecule has 1 unspecified atom stereocenters. The molecule has 0 bridgehead atoms. The number of amides is 1. The summed E-state index contributed by atoms with van der Waals surface area (Å²) in [5, 5.41) is 8.87. The predicted molar refractivity (Wildman–Crippen MR) is 109 cm³/mol. The van der Waals surface area contributed by atoms with E-state index in [1.807, 2.05) is 43.5 Å². The molecule has 1 fully saturated rings. The lowest BCUT2D eigenvalue weighted by atomic mass is 10.0. The highest BCUT2D eigenvalue weighted by Gasteiger charge is 2.16. The fourth-order valence-electron chi connectivity index (χ4n) is 2.92. The van der Waals surface area contributed by atoms with E-state index in [2.05, 4.69) is 15.6 Å². The molecular weight excluding hydrogens is 370 g/mol. The molecule has 0 radical (unpaired) electrons. The number of rotatable bonds is 7. The first-order valence-electron chi connectivity index (χ1n) is 8.83. The van der Waals surface area contributed by atoms with Gasteiger partial charge in [0.1, 0.15) is 5.75 Å². The maximum Gasteiger partial charge on any atom is 0.226 e. The first kappa shape index (κ1) is 20.7. The van der Waals surface area contributed by atoms with Crippen molar-refractivity contribution in [1.82, 2.24) is 10.3 Å². The van der Waals surface area contributed by atoms with Gasteiger partial charge >= 0.3 is 0 Å². The number of halogens is 1. The van der Waals surface area contributed by atoms with Crippen LogP contribution in [0.2, 0.25) is 0 Å². The van der Waals surface area contributed by atoms with Crippen LogP contribution < -0.4 is 15.4 Å². The summed E-state index contributed by atoms with van der Waals surface area (Å²) >= 11 is 1.46. The monoisotopic (exact) mass is 395 g/mol. The van der Waals surface area contributed by atoms with Gasteiger partial charge in [-0.3, -0.25) is 4.79 Å². The fraction of sp³-hybridized carbons (Fsp3) is 0.474. The third kappa shape index (κ3) is 5.97. The highest BCUT2D eigenvalue weighted by Crippen LogP contribution is 2.27. The van der Waals surface area contributed by atoms with Crippen molar-refractivity contribution in [1.29, 1.82) is 0 Å². The maximum absolute atomic E-state index is 12.1. The van der Waals surface area contributed by atoms with Gasteiger partial charge in [0.25, 0.3) is 0 Å². The number of carbonyl (C=O) groups is 1. The molecular formula is C19H26ClN3O2S. The Bertz CT molecular complexity index is 697. The zero-order valence-corrected chi connectivity index (χ0v) is 16.8. The van der Waals surface area contributed by atoms with Crippen molar-refractivity contribution in [2.24, 2.45) is 5.92 Å². The lowest BCUT2D eigenvalue weighted by molar-refractivity contribution is -0.116. The van der Waals surface area contributed by atoms with E-state index in [0.29, 0.717) is 17.5 Å². The molecule has 2 aromatic rings. The predicted octanol–water partition coefficient (Wildman–Crippen LogP) is 4.35. The SMILES string of the molecule is CC(C)Oc1ccc(-c2csc(NC(=O)CCC3CCNC3)n2)cc1.Cl. The highest BCUT2D eigenvalue weighted by molar-refractivity contribution is 7.14. The van der Waals surface area contributed by atoms with Crippen LogP contribution in [0.4, 0.5) is 5.13 Å². The van der Waals surface area contributed by atoms with Crippen LogP contribution in [0.15, 0.2) is 29.6 Å². The number of thiazole rings is 1. The molecule has 7 heteroatoms. The summed E-state index contributed by atoms with van der Waals surface area (Å²) in [6.07, 6.45) is 2.83. The average molecular weight is 396 g/mol. The van der Waals surface area contributed by atoms with Gasteiger partial charge in [-0.15, -0.1) is 23.7 Å². The molecule has 2 heterocycles. The smallest absolute Gasteiger partial charge is 0.226 e. The van der Waals surface area contributed by atoms with E-state index in [9.17, 15) is 4.79 Å². The molecule has 0 saturated carbocycles. The third-order valence-electron chi connectivity index (χ3n) is 4.21. The number of hydrogen-bond donors (Lipinski definition) is 2. The Morgan fingerprint density at radius 3 is 2.81 bits per heavy atom. The van der Waals surface area contributed by atoms with Gasteiger partial charge in [0.15, 0.2) is 5.13 Å². The number of benzene rings is 1. The molecule has 1 aliphatic rings. The van der Waals surface area contributed by atoms with Crippen LogP contribution in [0.25, 0.3) is 11.3 Å². The second-order valence-corrected chi connectivity index (χ2v) is 7.53. The second kappa shape index (κ2) is 9.90. The first-order valence-corrected chi connectivity index (χ1v) is 9.71. The van der Waals surface area contributed by atoms with Gasteiger partial charge in [-0.1, -0.05) is 0 Å². The quantitative estimate of drug-likeness (QED) is 0.731. The maximum atomic E-state index is 12.1. The van der Waals surface area contributed by atoms with E-state index in [0.717, 1.165) is 36.5 Å². The molecule has 0 aliphatic carbocycles. The van der Waals surface area contributed by atoms with Gasteiger partial charge in [-0.05, 0) is 70.0 Å². The van der Waals surface area contributed by atoms with Crippen LogP contribution in [0.1, 0.15) is 33.1 Å². The number of anilines is 1. The van der Waals surface area contributed by atoms with Gasteiger partial charge in [0.05, 0.1) is 11.8 Å². The normalized spacial score (nSPS) is 16.3. The Morgan fingerprint density at radius 1 is 1.38 bits per heavy atom. The number of ether oxygens (including phenoxy) is 1. The van der Waals surface area contributed by atoms with Crippen LogP contribution in [0, 0.1) is 5.92 Å². The van der Waals surface area contributed by atoms with Gasteiger partial charge in [-0.25, -0.2) is 4.98 Å². The molecule has 0 spiro atoms. The zero-order valence-electron chi connectivity index (χ0n) is 15.2. The highest BCUT2D eigenvalue weighted by atomic mass is 35.5. The van der Waals surface area contributed by atoms with Crippen molar-refractivity contribution < 1.29 is 9.53 Å². The summed E-state index contributed by atoms with van der Waals surface area (Å²) < 4.78 is 5.65. The topological polar surface area (TPSA) is 63.2 Å². The Kier molecular flexibility index (Phi) is 7.87. The summed E-state index contributed by atoms with van der Waals surface area (Å²) in [6, 6.07) is 7.88. The van der Waals surface area contributed by atoms with Gasteiger partial charge in [0.2, 0.25) is 5.91 Å². The van der Waals surface area contributed by atoms with E-state index in [1.54, 1.807) is 0 Å². The lowest BCUT2D eigenvalue weighted by Gasteiger charge is -2.09. The number of hydrogen-bond acceptors (Lipinski definition) is 5. The number of nitrogens with one attached hydrogen (secondary N) is 2. The molecule has 3 rings (SSSR count). The van der Waals surface area contributed by atoms with Crippen molar-refractivity contribution in [3.8, 4) is 17.0 Å². The van der Waals surface area contributed by atoms with Crippen LogP contribution in [0.5, 0.6) is 5.75 Å². The van der Waals surface area contributed by atoms with E-state index >= 15 is 0 Å². The zero-order chi connectivity index (χ0) is 17.6. The fourth-order valence-corrected chi connectivity index (χ4v) is 3.65. The largest absolute Gasteiger partial charge is 0.491 e. The minimum atomic E-state index is 0. The summed E-state index contributed by atoms with van der Waals surface area (Å²) in [4.78, 5) is 16.6. The molecule has 1 atom stereocenters. The molecule has 142 valence electrons. The number of nitrogens with zero attached hydrogens (tertiary/aromatic N) is 1. The van der Waals surface area contributed by atoms with E-state index in [-0.39, 0.29) is 24.4 Å². The Morgan fingerprint density at radius 2 is 2.15 bits per heavy atom. The summed E-state index contributed by atoms with van der Waals surface area (Å²) in [5.41, 5.74) is 1.89. The molecule has 1 aliphatic heterocycles. The molecule has 2 N–H and O–H groups in total. The van der Waals surface area contributed by atoms with E-state index in [1.165, 1.54) is 17.8 Å². The summed E-state index contributed by atoms with van der Waals surface area (Å²) in [5.74, 6) is 1.53. The number of carbonyl (C=O) groups excluding carboxylic acids is 1. The molecule has 5 nitrogen and oxygen atoms in total. The van der Waals surface area contributed by atoms with E-state index < -0.39 is 0 Å². The Hall–Kier alpha value is -1.63. The molecule has 1 amide bonds.